The van der Waals surface area contributed by atoms with Crippen LogP contribution in [0.5, 0.6) is 0 Å². The van der Waals surface area contributed by atoms with Crippen LogP contribution in [0.1, 0.15) is 19.3 Å². The Hall–Kier alpha value is -1.76. The van der Waals surface area contributed by atoms with Crippen LogP contribution in [0.15, 0.2) is 65.8 Å². The highest BCUT2D eigenvalue weighted by molar-refractivity contribution is 5.51. The summed E-state index contributed by atoms with van der Waals surface area (Å²) in [5.41, 5.74) is 4.19. The van der Waals surface area contributed by atoms with Crippen LogP contribution < -0.4 is 5.32 Å². The van der Waals surface area contributed by atoms with E-state index in [2.05, 4.69) is 60.0 Å². The molecule has 1 aromatic rings. The molecule has 17 heavy (non-hydrogen) atoms. The van der Waals surface area contributed by atoms with Crippen LogP contribution >= 0.6 is 0 Å². The van der Waals surface area contributed by atoms with E-state index >= 15 is 0 Å². The minimum absolute atomic E-state index is 0.439. The number of hydrogen-bond donors (Lipinski definition) is 1. The molecular formula is C16H17N. The minimum Gasteiger partial charge on any atom is -0.378 e. The standard InChI is InChI=1S/C16H17N/c1-2-9-14(10-3-1)17-16-12-6-8-13-7-4-5-11-15(13)16/h1-3,5-6,8-11,16-17H,4,7,12H2. The maximum Gasteiger partial charge on any atom is 0.0550 e. The molecule has 0 radical (unpaired) electrons. The third-order valence-electron chi connectivity index (χ3n) is 3.43. The minimum atomic E-state index is 0.439. The molecule has 0 aliphatic heterocycles. The summed E-state index contributed by atoms with van der Waals surface area (Å²) in [4.78, 5) is 0. The van der Waals surface area contributed by atoms with Crippen LogP contribution in [-0.2, 0) is 0 Å². The van der Waals surface area contributed by atoms with Gasteiger partial charge in [0.25, 0.3) is 0 Å². The summed E-state index contributed by atoms with van der Waals surface area (Å²) in [7, 11) is 0. The SMILES string of the molecule is C1=CC2=C(C=CCC2Nc2ccccc2)CC1. The molecule has 1 atom stereocenters. The molecule has 0 saturated heterocycles. The summed E-state index contributed by atoms with van der Waals surface area (Å²) in [6.07, 6.45) is 12.6. The molecule has 1 heteroatoms. The van der Waals surface area contributed by atoms with Crippen molar-refractivity contribution in [3.63, 3.8) is 0 Å². The van der Waals surface area contributed by atoms with Crippen molar-refractivity contribution in [1.29, 1.82) is 0 Å². The molecule has 0 aromatic heterocycles. The highest BCUT2D eigenvalue weighted by Crippen LogP contribution is 2.29. The van der Waals surface area contributed by atoms with Crippen molar-refractivity contribution < 1.29 is 0 Å². The zero-order valence-corrected chi connectivity index (χ0v) is 9.89. The molecule has 1 unspecified atom stereocenters. The Bertz CT molecular complexity index is 480. The summed E-state index contributed by atoms with van der Waals surface area (Å²) in [5, 5.41) is 3.62. The molecule has 2 aliphatic carbocycles. The van der Waals surface area contributed by atoms with Gasteiger partial charge in [-0.05, 0) is 42.5 Å². The van der Waals surface area contributed by atoms with Crippen molar-refractivity contribution in [2.75, 3.05) is 5.32 Å². The van der Waals surface area contributed by atoms with Crippen molar-refractivity contribution >= 4 is 5.69 Å². The first-order valence-corrected chi connectivity index (χ1v) is 6.31. The average molecular weight is 223 g/mol. The number of nitrogens with one attached hydrogen (secondary N) is 1. The fourth-order valence-corrected chi connectivity index (χ4v) is 2.57. The predicted molar refractivity (Wildman–Crippen MR) is 73.0 cm³/mol. The number of anilines is 1. The lowest BCUT2D eigenvalue weighted by Crippen LogP contribution is -2.24. The van der Waals surface area contributed by atoms with Gasteiger partial charge in [-0.15, -0.1) is 0 Å². The summed E-state index contributed by atoms with van der Waals surface area (Å²) in [5.74, 6) is 0. The summed E-state index contributed by atoms with van der Waals surface area (Å²) < 4.78 is 0. The quantitative estimate of drug-likeness (QED) is 0.796. The maximum absolute atomic E-state index is 3.62. The highest BCUT2D eigenvalue weighted by Gasteiger charge is 2.19. The Labute approximate surface area is 103 Å². The topological polar surface area (TPSA) is 12.0 Å². The van der Waals surface area contributed by atoms with Gasteiger partial charge in [0.1, 0.15) is 0 Å². The second-order valence-corrected chi connectivity index (χ2v) is 4.62. The largest absolute Gasteiger partial charge is 0.378 e. The van der Waals surface area contributed by atoms with Gasteiger partial charge in [0.15, 0.2) is 0 Å². The smallest absolute Gasteiger partial charge is 0.0550 e. The van der Waals surface area contributed by atoms with Crippen molar-refractivity contribution in [3.8, 4) is 0 Å². The Morgan fingerprint density at radius 2 is 1.88 bits per heavy atom. The highest BCUT2D eigenvalue weighted by atomic mass is 14.9. The van der Waals surface area contributed by atoms with Crippen molar-refractivity contribution in [1.82, 2.24) is 0 Å². The normalized spacial score (nSPS) is 22.5. The second kappa shape index (κ2) is 4.62. The van der Waals surface area contributed by atoms with E-state index in [9.17, 15) is 0 Å². The molecule has 86 valence electrons. The number of allylic oxidation sites excluding steroid dienone is 3. The van der Waals surface area contributed by atoms with Gasteiger partial charge >= 0.3 is 0 Å². The van der Waals surface area contributed by atoms with Gasteiger partial charge in [-0.25, -0.2) is 0 Å². The van der Waals surface area contributed by atoms with Gasteiger partial charge < -0.3 is 5.32 Å². The molecule has 0 bridgehead atoms. The first-order valence-electron chi connectivity index (χ1n) is 6.31. The molecule has 1 aromatic carbocycles. The molecule has 1 nitrogen and oxygen atoms in total. The van der Waals surface area contributed by atoms with Gasteiger partial charge in [0.2, 0.25) is 0 Å². The van der Waals surface area contributed by atoms with E-state index in [-0.39, 0.29) is 0 Å². The molecule has 3 rings (SSSR count). The Morgan fingerprint density at radius 1 is 1.00 bits per heavy atom. The number of benzene rings is 1. The van der Waals surface area contributed by atoms with Crippen LogP contribution in [0.4, 0.5) is 5.69 Å². The van der Waals surface area contributed by atoms with E-state index < -0.39 is 0 Å². The van der Waals surface area contributed by atoms with Gasteiger partial charge in [-0.2, -0.15) is 0 Å². The first kappa shape index (κ1) is 10.4. The molecule has 2 aliphatic rings. The molecule has 0 fully saturated rings. The molecule has 1 N–H and O–H groups in total. The van der Waals surface area contributed by atoms with Crippen molar-refractivity contribution in [3.05, 3.63) is 65.8 Å². The Balaban J connectivity index is 1.83. The van der Waals surface area contributed by atoms with Crippen LogP contribution in [0.2, 0.25) is 0 Å². The molecule has 0 amide bonds. The summed E-state index contributed by atoms with van der Waals surface area (Å²) in [6, 6.07) is 10.9. The molecule has 0 spiro atoms. The van der Waals surface area contributed by atoms with E-state index in [1.54, 1.807) is 0 Å². The van der Waals surface area contributed by atoms with E-state index in [0.29, 0.717) is 6.04 Å². The first-order chi connectivity index (χ1) is 8.43. The third-order valence-corrected chi connectivity index (χ3v) is 3.43. The Kier molecular flexibility index (Phi) is 2.83. The zero-order valence-electron chi connectivity index (χ0n) is 9.89. The second-order valence-electron chi connectivity index (χ2n) is 4.62. The van der Waals surface area contributed by atoms with Gasteiger partial charge in [0, 0.05) is 5.69 Å². The molecular weight excluding hydrogens is 206 g/mol. The zero-order chi connectivity index (χ0) is 11.5. The van der Waals surface area contributed by atoms with E-state index in [1.165, 1.54) is 29.7 Å². The van der Waals surface area contributed by atoms with Gasteiger partial charge in [0.05, 0.1) is 6.04 Å². The van der Waals surface area contributed by atoms with Crippen LogP contribution in [0.25, 0.3) is 0 Å². The average Bonchev–Trinajstić information content (AvgIpc) is 2.40. The summed E-state index contributed by atoms with van der Waals surface area (Å²) >= 11 is 0. The predicted octanol–water partition coefficient (Wildman–Crippen LogP) is 4.07. The van der Waals surface area contributed by atoms with Gasteiger partial charge in [-0.1, -0.05) is 42.5 Å². The van der Waals surface area contributed by atoms with E-state index in [4.69, 9.17) is 0 Å². The number of hydrogen-bond acceptors (Lipinski definition) is 1. The maximum atomic E-state index is 3.62. The third kappa shape index (κ3) is 2.19. The summed E-state index contributed by atoms with van der Waals surface area (Å²) in [6.45, 7) is 0. The van der Waals surface area contributed by atoms with Crippen molar-refractivity contribution in [2.24, 2.45) is 0 Å². The molecule has 0 saturated carbocycles. The fourth-order valence-electron chi connectivity index (χ4n) is 2.57. The van der Waals surface area contributed by atoms with Crippen LogP contribution in [0, 0.1) is 0 Å². The lowest BCUT2D eigenvalue weighted by molar-refractivity contribution is 0.801. The fraction of sp³-hybridized carbons (Fsp3) is 0.250. The van der Waals surface area contributed by atoms with E-state index in [1.807, 2.05) is 0 Å². The Morgan fingerprint density at radius 3 is 2.76 bits per heavy atom. The lowest BCUT2D eigenvalue weighted by Gasteiger charge is -2.27. The monoisotopic (exact) mass is 223 g/mol. The molecule has 0 heterocycles. The van der Waals surface area contributed by atoms with Crippen molar-refractivity contribution in [2.45, 2.75) is 25.3 Å². The van der Waals surface area contributed by atoms with E-state index in [0.717, 1.165) is 6.42 Å². The van der Waals surface area contributed by atoms with Gasteiger partial charge in [-0.3, -0.25) is 0 Å². The lowest BCUT2D eigenvalue weighted by atomic mass is 9.87. The number of para-hydroxylation sites is 1. The van der Waals surface area contributed by atoms with Crippen LogP contribution in [-0.4, -0.2) is 6.04 Å². The number of rotatable bonds is 2. The van der Waals surface area contributed by atoms with Crippen LogP contribution in [0.3, 0.4) is 0 Å².